The number of H-pyrrole nitrogens is 1. The van der Waals surface area contributed by atoms with Crippen LogP contribution in [0.15, 0.2) is 24.4 Å². The molecule has 6 heteroatoms. The van der Waals surface area contributed by atoms with Crippen LogP contribution in [0.5, 0.6) is 0 Å². The van der Waals surface area contributed by atoms with E-state index in [1.165, 1.54) is 0 Å². The fraction of sp³-hybridized carbons (Fsp3) is 0.579. The number of aromatic amines is 1. The Morgan fingerprint density at radius 1 is 1.40 bits per heavy atom. The summed E-state index contributed by atoms with van der Waals surface area (Å²) < 4.78 is 11.0. The Morgan fingerprint density at radius 3 is 2.92 bits per heavy atom. The fourth-order valence-electron chi connectivity index (χ4n) is 3.45. The van der Waals surface area contributed by atoms with Gasteiger partial charge in [-0.1, -0.05) is 6.07 Å². The smallest absolute Gasteiger partial charge is 0.410 e. The number of hydrogen-bond donors (Lipinski definition) is 1. The lowest BCUT2D eigenvalue weighted by atomic mass is 9.87. The minimum Gasteiger partial charge on any atom is -0.444 e. The zero-order chi connectivity index (χ0) is 18.0. The molecule has 0 radical (unpaired) electrons. The molecule has 1 fully saturated rings. The van der Waals surface area contributed by atoms with Crippen LogP contribution in [0.25, 0.3) is 10.9 Å². The molecule has 2 heterocycles. The van der Waals surface area contributed by atoms with Crippen molar-refractivity contribution in [3.63, 3.8) is 0 Å². The van der Waals surface area contributed by atoms with E-state index in [9.17, 15) is 4.79 Å². The van der Waals surface area contributed by atoms with E-state index in [1.54, 1.807) is 7.11 Å². The van der Waals surface area contributed by atoms with Crippen molar-refractivity contribution < 1.29 is 14.3 Å². The molecule has 0 aliphatic carbocycles. The molecular weight excluding hydrogens is 318 g/mol. The average Bonchev–Trinajstić information content (AvgIpc) is 3.01. The second-order valence-electron chi connectivity index (χ2n) is 7.75. The molecule has 1 aromatic heterocycles. The third-order valence-corrected chi connectivity index (χ3v) is 4.59. The number of nitrogens with zero attached hydrogens (tertiary/aromatic N) is 2. The monoisotopic (exact) mass is 345 g/mol. The van der Waals surface area contributed by atoms with Crippen molar-refractivity contribution in [3.8, 4) is 0 Å². The van der Waals surface area contributed by atoms with Crippen molar-refractivity contribution in [2.75, 3.05) is 20.3 Å². The van der Waals surface area contributed by atoms with Crippen LogP contribution in [0, 0.1) is 5.92 Å². The minimum atomic E-state index is -0.500. The first kappa shape index (κ1) is 17.7. The Bertz CT molecular complexity index is 735. The predicted molar refractivity (Wildman–Crippen MR) is 96.4 cm³/mol. The molecule has 0 bridgehead atoms. The van der Waals surface area contributed by atoms with Gasteiger partial charge in [-0.2, -0.15) is 5.10 Å². The molecule has 1 N–H and O–H groups in total. The summed E-state index contributed by atoms with van der Waals surface area (Å²) in [7, 11) is 1.73. The average molecular weight is 345 g/mol. The number of rotatable bonds is 3. The maximum absolute atomic E-state index is 12.7. The molecular formula is C19H27N3O3. The molecule has 2 aromatic rings. The topological polar surface area (TPSA) is 67.4 Å². The molecule has 6 nitrogen and oxygen atoms in total. The van der Waals surface area contributed by atoms with E-state index < -0.39 is 5.60 Å². The molecule has 1 aliphatic rings. The summed E-state index contributed by atoms with van der Waals surface area (Å²) in [6.45, 7) is 7.09. The lowest BCUT2D eigenvalue weighted by Crippen LogP contribution is -2.44. The van der Waals surface area contributed by atoms with Crippen LogP contribution < -0.4 is 0 Å². The number of hydrogen-bond acceptors (Lipinski definition) is 4. The highest BCUT2D eigenvalue weighted by Gasteiger charge is 2.35. The van der Waals surface area contributed by atoms with Crippen molar-refractivity contribution in [1.82, 2.24) is 15.1 Å². The Labute approximate surface area is 148 Å². The van der Waals surface area contributed by atoms with Gasteiger partial charge in [0.1, 0.15) is 5.60 Å². The third-order valence-electron chi connectivity index (χ3n) is 4.59. The van der Waals surface area contributed by atoms with Crippen LogP contribution in [-0.2, 0) is 9.47 Å². The second kappa shape index (κ2) is 7.04. The summed E-state index contributed by atoms with van der Waals surface area (Å²) >= 11 is 0. The van der Waals surface area contributed by atoms with Gasteiger partial charge in [-0.15, -0.1) is 0 Å². The molecule has 1 saturated heterocycles. The van der Waals surface area contributed by atoms with E-state index in [0.29, 0.717) is 19.1 Å². The first-order valence-electron chi connectivity index (χ1n) is 8.79. The summed E-state index contributed by atoms with van der Waals surface area (Å²) in [4.78, 5) is 14.6. The molecule has 3 rings (SSSR count). The highest BCUT2D eigenvalue weighted by molar-refractivity contribution is 5.79. The highest BCUT2D eigenvalue weighted by atomic mass is 16.6. The van der Waals surface area contributed by atoms with Gasteiger partial charge < -0.3 is 14.4 Å². The molecule has 2 atom stereocenters. The van der Waals surface area contributed by atoms with Gasteiger partial charge in [-0.3, -0.25) is 5.10 Å². The fourth-order valence-corrected chi connectivity index (χ4v) is 3.45. The Hall–Kier alpha value is -2.08. The van der Waals surface area contributed by atoms with Gasteiger partial charge >= 0.3 is 6.09 Å². The zero-order valence-electron chi connectivity index (χ0n) is 15.4. The number of aromatic nitrogens is 2. The first-order chi connectivity index (χ1) is 11.9. The van der Waals surface area contributed by atoms with Crippen molar-refractivity contribution in [2.24, 2.45) is 5.92 Å². The number of benzene rings is 1. The summed E-state index contributed by atoms with van der Waals surface area (Å²) in [5, 5.41) is 8.10. The molecule has 1 aromatic carbocycles. The van der Waals surface area contributed by atoms with Crippen LogP contribution in [0.3, 0.4) is 0 Å². The van der Waals surface area contributed by atoms with Crippen molar-refractivity contribution in [3.05, 3.63) is 30.0 Å². The SMILES string of the molecule is COCC1CCN(C(=O)OC(C)(C)C)C(c2ccc3[nH]ncc3c2)C1. The van der Waals surface area contributed by atoms with Gasteiger partial charge in [0, 0.05) is 25.6 Å². The van der Waals surface area contributed by atoms with Crippen molar-refractivity contribution >= 4 is 17.0 Å². The standard InChI is InChI=1S/C19H27N3O3/c1-19(2,3)25-18(23)22-8-7-13(12-24-4)9-17(22)14-5-6-16-15(10-14)11-20-21-16/h5-6,10-11,13,17H,7-9,12H2,1-4H3,(H,20,21). The minimum absolute atomic E-state index is 0.0111. The van der Waals surface area contributed by atoms with Gasteiger partial charge in [0.25, 0.3) is 0 Å². The number of nitrogens with one attached hydrogen (secondary N) is 1. The summed E-state index contributed by atoms with van der Waals surface area (Å²) in [5.74, 6) is 0.439. The Balaban J connectivity index is 1.88. The molecule has 0 spiro atoms. The highest BCUT2D eigenvalue weighted by Crippen LogP contribution is 2.36. The summed E-state index contributed by atoms with van der Waals surface area (Å²) in [5.41, 5.74) is 1.61. The number of carbonyl (C=O) groups excluding carboxylic acids is 1. The van der Waals surface area contributed by atoms with E-state index >= 15 is 0 Å². The van der Waals surface area contributed by atoms with E-state index in [1.807, 2.05) is 37.9 Å². The number of piperidine rings is 1. The normalized spacial score (nSPS) is 21.5. The van der Waals surface area contributed by atoms with Crippen molar-refractivity contribution in [1.29, 1.82) is 0 Å². The second-order valence-corrected chi connectivity index (χ2v) is 7.75. The van der Waals surface area contributed by atoms with Crippen LogP contribution >= 0.6 is 0 Å². The Kier molecular flexibility index (Phi) is 4.99. The van der Waals surface area contributed by atoms with E-state index in [0.717, 1.165) is 29.3 Å². The quantitative estimate of drug-likeness (QED) is 0.916. The van der Waals surface area contributed by atoms with E-state index in [4.69, 9.17) is 9.47 Å². The largest absolute Gasteiger partial charge is 0.444 e. The molecule has 1 aliphatic heterocycles. The number of likely N-dealkylation sites (tertiary alicyclic amines) is 1. The molecule has 2 unspecified atom stereocenters. The van der Waals surface area contributed by atoms with Gasteiger partial charge in [-0.05, 0) is 57.2 Å². The van der Waals surface area contributed by atoms with Crippen LogP contribution in [-0.4, -0.2) is 47.1 Å². The number of amides is 1. The van der Waals surface area contributed by atoms with Crippen LogP contribution in [0.4, 0.5) is 4.79 Å². The van der Waals surface area contributed by atoms with Gasteiger partial charge in [0.15, 0.2) is 0 Å². The Morgan fingerprint density at radius 2 is 2.20 bits per heavy atom. The zero-order valence-corrected chi connectivity index (χ0v) is 15.4. The predicted octanol–water partition coefficient (Wildman–Crippen LogP) is 3.90. The molecule has 136 valence electrons. The molecule has 0 saturated carbocycles. The lowest BCUT2D eigenvalue weighted by molar-refractivity contribution is -0.00176. The van der Waals surface area contributed by atoms with Crippen LogP contribution in [0.1, 0.15) is 45.2 Å². The lowest BCUT2D eigenvalue weighted by Gasteiger charge is -2.40. The molecule has 25 heavy (non-hydrogen) atoms. The maximum atomic E-state index is 12.7. The van der Waals surface area contributed by atoms with Gasteiger partial charge in [-0.25, -0.2) is 4.79 Å². The summed E-state index contributed by atoms with van der Waals surface area (Å²) in [6, 6.07) is 6.18. The number of methoxy groups -OCH3 is 1. The van der Waals surface area contributed by atoms with Crippen molar-refractivity contribution in [2.45, 2.75) is 45.3 Å². The van der Waals surface area contributed by atoms with E-state index in [-0.39, 0.29) is 12.1 Å². The number of ether oxygens (including phenoxy) is 2. The van der Waals surface area contributed by atoms with Crippen LogP contribution in [0.2, 0.25) is 0 Å². The van der Waals surface area contributed by atoms with Gasteiger partial charge in [0.05, 0.1) is 17.8 Å². The van der Waals surface area contributed by atoms with Gasteiger partial charge in [0.2, 0.25) is 0 Å². The first-order valence-corrected chi connectivity index (χ1v) is 8.79. The maximum Gasteiger partial charge on any atom is 0.410 e. The van der Waals surface area contributed by atoms with E-state index in [2.05, 4.69) is 22.3 Å². The molecule has 1 amide bonds. The number of fused-ring (bicyclic) bond motifs is 1. The third kappa shape index (κ3) is 4.12. The number of carbonyl (C=O) groups is 1. The summed E-state index contributed by atoms with van der Waals surface area (Å²) in [6.07, 6.45) is 3.36.